The van der Waals surface area contributed by atoms with Crippen molar-refractivity contribution in [1.82, 2.24) is 14.4 Å². The van der Waals surface area contributed by atoms with Crippen molar-refractivity contribution in [3.05, 3.63) is 79.4 Å². The smallest absolute Gasteiger partial charge is 0.145 e. The summed E-state index contributed by atoms with van der Waals surface area (Å²) in [6.07, 6.45) is 7.78. The molecule has 0 saturated carbocycles. The molecule has 0 aliphatic heterocycles. The van der Waals surface area contributed by atoms with Gasteiger partial charge in [-0.2, -0.15) is 0 Å². The number of rotatable bonds is 0. The molecule has 3 nitrogen and oxygen atoms in total. The molecular formula is C26H13N3S2. The zero-order valence-electron chi connectivity index (χ0n) is 16.2. The van der Waals surface area contributed by atoms with Gasteiger partial charge in [0, 0.05) is 71.9 Å². The van der Waals surface area contributed by atoms with Crippen LogP contribution in [0, 0.1) is 0 Å². The van der Waals surface area contributed by atoms with Gasteiger partial charge in [-0.05, 0) is 18.2 Å². The molecule has 0 bridgehead atoms. The number of pyridine rings is 2. The molecule has 0 amide bonds. The highest BCUT2D eigenvalue weighted by Gasteiger charge is 2.17. The number of hydrogen-bond donors (Lipinski definition) is 0. The molecule has 0 N–H and O–H groups in total. The SMILES string of the molecule is c1ccc2c(c1)sc1c2ccc2c3ccc4c(c5cnccc5c5nccn45)c3sc21. The Labute approximate surface area is 183 Å². The lowest BCUT2D eigenvalue weighted by Crippen LogP contribution is -1.91. The average Bonchev–Trinajstić information content (AvgIpc) is 3.53. The van der Waals surface area contributed by atoms with E-state index in [0.29, 0.717) is 0 Å². The van der Waals surface area contributed by atoms with Gasteiger partial charge in [0.15, 0.2) is 0 Å². The largest absolute Gasteiger partial charge is 0.299 e. The summed E-state index contributed by atoms with van der Waals surface area (Å²) in [7, 11) is 0. The topological polar surface area (TPSA) is 30.2 Å². The maximum atomic E-state index is 4.63. The number of fused-ring (bicyclic) bond motifs is 14. The van der Waals surface area contributed by atoms with Gasteiger partial charge >= 0.3 is 0 Å². The molecule has 0 fully saturated rings. The number of hydrogen-bond acceptors (Lipinski definition) is 4. The molecule has 144 valence electrons. The van der Waals surface area contributed by atoms with E-state index in [0.717, 1.165) is 11.0 Å². The minimum Gasteiger partial charge on any atom is -0.299 e. The normalized spacial score (nSPS) is 12.5. The number of benzene rings is 3. The molecule has 0 spiro atoms. The van der Waals surface area contributed by atoms with E-state index in [1.54, 1.807) is 0 Å². The van der Waals surface area contributed by atoms with Crippen molar-refractivity contribution in [3.8, 4) is 0 Å². The molecule has 0 aliphatic carbocycles. The molecule has 0 aliphatic rings. The number of nitrogens with zero attached hydrogens (tertiary/aromatic N) is 3. The Balaban J connectivity index is 1.66. The Morgan fingerprint density at radius 2 is 1.45 bits per heavy atom. The second kappa shape index (κ2) is 5.58. The summed E-state index contributed by atoms with van der Waals surface area (Å²) in [4.78, 5) is 9.09. The highest BCUT2D eigenvalue weighted by atomic mass is 32.1. The van der Waals surface area contributed by atoms with E-state index < -0.39 is 0 Å². The fraction of sp³-hybridized carbons (Fsp3) is 0. The first-order valence-corrected chi connectivity index (χ1v) is 11.8. The summed E-state index contributed by atoms with van der Waals surface area (Å²) < 4.78 is 7.65. The maximum absolute atomic E-state index is 4.63. The lowest BCUT2D eigenvalue weighted by atomic mass is 10.0. The van der Waals surface area contributed by atoms with Gasteiger partial charge in [0.25, 0.3) is 0 Å². The Bertz CT molecular complexity index is 2010. The van der Waals surface area contributed by atoms with Gasteiger partial charge in [0.2, 0.25) is 0 Å². The predicted octanol–water partition coefficient (Wildman–Crippen LogP) is 7.77. The van der Waals surface area contributed by atoms with Gasteiger partial charge in [0.05, 0.1) is 14.9 Å². The van der Waals surface area contributed by atoms with Crippen molar-refractivity contribution >= 4 is 90.3 Å². The third kappa shape index (κ3) is 1.93. The standard InChI is InChI=1S/C26H13N3S2/c1-2-4-21-14(3-1)15-5-6-17-16-7-8-20-22(23(16)31-25(17)24(15)30-21)19-13-27-10-9-18(19)26-28-11-12-29(20)26/h1-13H. The molecule has 0 atom stereocenters. The van der Waals surface area contributed by atoms with Crippen LogP contribution in [0.2, 0.25) is 0 Å². The molecule has 0 saturated heterocycles. The second-order valence-corrected chi connectivity index (χ2v) is 9.97. The van der Waals surface area contributed by atoms with E-state index in [1.807, 2.05) is 41.3 Å². The lowest BCUT2D eigenvalue weighted by molar-refractivity contribution is 1.27. The minimum absolute atomic E-state index is 0.984. The van der Waals surface area contributed by atoms with E-state index in [-0.39, 0.29) is 0 Å². The van der Waals surface area contributed by atoms with Crippen LogP contribution in [0.25, 0.3) is 67.7 Å². The number of aromatic nitrogens is 3. The quantitative estimate of drug-likeness (QED) is 0.230. The lowest BCUT2D eigenvalue weighted by Gasteiger charge is -2.08. The summed E-state index contributed by atoms with van der Waals surface area (Å²) in [5.41, 5.74) is 2.16. The van der Waals surface area contributed by atoms with Crippen molar-refractivity contribution in [2.75, 3.05) is 0 Å². The summed E-state index contributed by atoms with van der Waals surface area (Å²) >= 11 is 3.81. The summed E-state index contributed by atoms with van der Waals surface area (Å²) in [6.45, 7) is 0. The van der Waals surface area contributed by atoms with Crippen molar-refractivity contribution in [2.24, 2.45) is 0 Å². The van der Waals surface area contributed by atoms with Crippen molar-refractivity contribution < 1.29 is 0 Å². The van der Waals surface area contributed by atoms with Gasteiger partial charge in [-0.1, -0.05) is 36.4 Å². The fourth-order valence-electron chi connectivity index (χ4n) is 5.02. The molecule has 5 aromatic heterocycles. The van der Waals surface area contributed by atoms with Crippen LogP contribution >= 0.6 is 22.7 Å². The molecule has 31 heavy (non-hydrogen) atoms. The third-order valence-electron chi connectivity index (χ3n) is 6.36. The monoisotopic (exact) mass is 431 g/mol. The highest BCUT2D eigenvalue weighted by molar-refractivity contribution is 7.34. The van der Waals surface area contributed by atoms with E-state index >= 15 is 0 Å². The van der Waals surface area contributed by atoms with E-state index in [2.05, 4.69) is 75.2 Å². The molecule has 8 rings (SSSR count). The van der Waals surface area contributed by atoms with Crippen molar-refractivity contribution in [3.63, 3.8) is 0 Å². The van der Waals surface area contributed by atoms with E-state index in [4.69, 9.17) is 0 Å². The van der Waals surface area contributed by atoms with Crippen LogP contribution in [-0.2, 0) is 0 Å². The zero-order valence-corrected chi connectivity index (χ0v) is 17.8. The zero-order chi connectivity index (χ0) is 20.1. The Morgan fingerprint density at radius 3 is 2.42 bits per heavy atom. The molecule has 3 aromatic carbocycles. The molecule has 5 heterocycles. The summed E-state index contributed by atoms with van der Waals surface area (Å²) in [6, 6.07) is 19.9. The van der Waals surface area contributed by atoms with E-state index in [1.165, 1.54) is 56.6 Å². The van der Waals surface area contributed by atoms with Crippen LogP contribution in [0.4, 0.5) is 0 Å². The summed E-state index contributed by atoms with van der Waals surface area (Å²) in [5, 5.41) is 8.93. The van der Waals surface area contributed by atoms with Crippen LogP contribution in [-0.4, -0.2) is 14.4 Å². The van der Waals surface area contributed by atoms with Crippen molar-refractivity contribution in [1.29, 1.82) is 0 Å². The fourth-order valence-corrected chi connectivity index (χ4v) is 7.71. The Kier molecular flexibility index (Phi) is 2.91. The minimum atomic E-state index is 0.984. The van der Waals surface area contributed by atoms with Gasteiger partial charge in [-0.3, -0.25) is 9.38 Å². The second-order valence-electron chi connectivity index (χ2n) is 7.90. The molecule has 5 heteroatoms. The Hall–Kier alpha value is -3.54. The van der Waals surface area contributed by atoms with Crippen molar-refractivity contribution in [2.45, 2.75) is 0 Å². The van der Waals surface area contributed by atoms with Gasteiger partial charge in [-0.15, -0.1) is 22.7 Å². The van der Waals surface area contributed by atoms with Gasteiger partial charge < -0.3 is 0 Å². The van der Waals surface area contributed by atoms with Gasteiger partial charge in [-0.25, -0.2) is 4.98 Å². The first kappa shape index (κ1) is 16.2. The van der Waals surface area contributed by atoms with Gasteiger partial charge in [0.1, 0.15) is 5.65 Å². The first-order chi connectivity index (χ1) is 15.4. The molecule has 0 unspecified atom stereocenters. The van der Waals surface area contributed by atoms with Crippen LogP contribution in [0.15, 0.2) is 79.4 Å². The van der Waals surface area contributed by atoms with E-state index in [9.17, 15) is 0 Å². The number of imidazole rings is 1. The maximum Gasteiger partial charge on any atom is 0.145 e. The molecular weight excluding hydrogens is 418 g/mol. The van der Waals surface area contributed by atoms with Crippen LogP contribution in [0.3, 0.4) is 0 Å². The first-order valence-electron chi connectivity index (χ1n) is 10.2. The Morgan fingerprint density at radius 1 is 0.645 bits per heavy atom. The van der Waals surface area contributed by atoms with Crippen LogP contribution < -0.4 is 0 Å². The molecule has 0 radical (unpaired) electrons. The highest BCUT2D eigenvalue weighted by Crippen LogP contribution is 2.47. The number of thiophene rings is 2. The predicted molar refractivity (Wildman–Crippen MR) is 134 cm³/mol. The average molecular weight is 432 g/mol. The van der Waals surface area contributed by atoms with Crippen LogP contribution in [0.1, 0.15) is 0 Å². The summed E-state index contributed by atoms with van der Waals surface area (Å²) in [5.74, 6) is 0. The third-order valence-corrected chi connectivity index (χ3v) is 8.95. The molecule has 8 aromatic rings. The van der Waals surface area contributed by atoms with Crippen LogP contribution in [0.5, 0.6) is 0 Å².